The van der Waals surface area contributed by atoms with Crippen molar-refractivity contribution < 1.29 is 5.11 Å². The summed E-state index contributed by atoms with van der Waals surface area (Å²) in [7, 11) is 0. The molecule has 0 saturated carbocycles. The number of aryl methyl sites for hydroxylation is 2. The molecule has 0 atom stereocenters. The SMILES string of the molecule is Cc1nc(Cl)nc(N(Cl)c2ccc3c(O)c(N=Nc4ccccc4)c(C)cc3c2)n1. The third-order valence-electron chi connectivity index (χ3n) is 4.39. The molecule has 4 aromatic rings. The number of benzene rings is 3. The average Bonchev–Trinajstić information content (AvgIpc) is 2.72. The molecule has 3 aromatic carbocycles. The largest absolute Gasteiger partial charge is 0.505 e. The van der Waals surface area contributed by atoms with Gasteiger partial charge in [0.2, 0.25) is 11.2 Å². The van der Waals surface area contributed by atoms with Gasteiger partial charge in [-0.25, -0.2) is 9.40 Å². The maximum Gasteiger partial charge on any atom is 0.249 e. The lowest BCUT2D eigenvalue weighted by Crippen LogP contribution is -2.08. The summed E-state index contributed by atoms with van der Waals surface area (Å²) in [5, 5.41) is 20.7. The molecule has 1 heterocycles. The van der Waals surface area contributed by atoms with Crippen LogP contribution in [0.4, 0.5) is 23.0 Å². The number of phenols is 1. The molecule has 1 N–H and O–H groups in total. The Morgan fingerprint density at radius 1 is 0.933 bits per heavy atom. The van der Waals surface area contributed by atoms with Crippen molar-refractivity contribution in [2.45, 2.75) is 13.8 Å². The van der Waals surface area contributed by atoms with Crippen molar-refractivity contribution in [1.82, 2.24) is 15.0 Å². The van der Waals surface area contributed by atoms with E-state index >= 15 is 0 Å². The van der Waals surface area contributed by atoms with E-state index in [1.54, 1.807) is 19.1 Å². The molecule has 7 nitrogen and oxygen atoms in total. The zero-order valence-corrected chi connectivity index (χ0v) is 17.6. The third-order valence-corrected chi connectivity index (χ3v) is 4.91. The van der Waals surface area contributed by atoms with Gasteiger partial charge in [-0.3, -0.25) is 0 Å². The first kappa shape index (κ1) is 20.0. The second kappa shape index (κ2) is 8.22. The summed E-state index contributed by atoms with van der Waals surface area (Å²) in [6, 6.07) is 16.6. The Morgan fingerprint density at radius 2 is 1.70 bits per heavy atom. The van der Waals surface area contributed by atoms with E-state index in [0.29, 0.717) is 28.3 Å². The van der Waals surface area contributed by atoms with Crippen molar-refractivity contribution in [3.05, 3.63) is 71.3 Å². The van der Waals surface area contributed by atoms with Gasteiger partial charge >= 0.3 is 0 Å². The Bertz CT molecular complexity index is 1240. The molecule has 9 heteroatoms. The van der Waals surface area contributed by atoms with Crippen molar-refractivity contribution in [2.75, 3.05) is 4.42 Å². The van der Waals surface area contributed by atoms with Crippen LogP contribution in [0, 0.1) is 13.8 Å². The Morgan fingerprint density at radius 3 is 2.43 bits per heavy atom. The molecule has 1 aromatic heterocycles. The van der Waals surface area contributed by atoms with Crippen molar-refractivity contribution in [1.29, 1.82) is 0 Å². The Balaban J connectivity index is 1.73. The average molecular weight is 439 g/mol. The predicted molar refractivity (Wildman–Crippen MR) is 119 cm³/mol. The first-order valence-electron chi connectivity index (χ1n) is 8.99. The molecule has 0 aliphatic rings. The van der Waals surface area contributed by atoms with E-state index in [1.807, 2.05) is 49.4 Å². The zero-order valence-electron chi connectivity index (χ0n) is 16.1. The summed E-state index contributed by atoms with van der Waals surface area (Å²) in [6.07, 6.45) is 0. The summed E-state index contributed by atoms with van der Waals surface area (Å²) in [5.74, 6) is 0.720. The van der Waals surface area contributed by atoms with E-state index in [4.69, 9.17) is 23.4 Å². The fourth-order valence-corrected chi connectivity index (χ4v) is 3.37. The van der Waals surface area contributed by atoms with Gasteiger partial charge in [0.15, 0.2) is 5.75 Å². The molecular weight excluding hydrogens is 423 g/mol. The predicted octanol–water partition coefficient (Wildman–Crippen LogP) is 6.71. The van der Waals surface area contributed by atoms with Crippen LogP contribution in [-0.4, -0.2) is 20.1 Å². The van der Waals surface area contributed by atoms with Crippen molar-refractivity contribution in [3.63, 3.8) is 0 Å². The molecule has 0 radical (unpaired) electrons. The van der Waals surface area contributed by atoms with Crippen LogP contribution in [0.3, 0.4) is 0 Å². The number of rotatable bonds is 4. The van der Waals surface area contributed by atoms with Crippen LogP contribution >= 0.6 is 23.4 Å². The molecule has 0 saturated heterocycles. The van der Waals surface area contributed by atoms with Crippen molar-refractivity contribution in [3.8, 4) is 5.75 Å². The minimum absolute atomic E-state index is 0.0522. The summed E-state index contributed by atoms with van der Waals surface area (Å²) >= 11 is 12.3. The number of hydrogen-bond donors (Lipinski definition) is 1. The van der Waals surface area contributed by atoms with Crippen LogP contribution < -0.4 is 4.42 Å². The summed E-state index contributed by atoms with van der Waals surface area (Å²) in [4.78, 5) is 12.2. The monoisotopic (exact) mass is 438 g/mol. The smallest absolute Gasteiger partial charge is 0.249 e. The highest BCUT2D eigenvalue weighted by Gasteiger charge is 2.15. The second-order valence-electron chi connectivity index (χ2n) is 6.56. The molecule has 4 rings (SSSR count). The van der Waals surface area contributed by atoms with Crippen LogP contribution in [0.5, 0.6) is 5.75 Å². The van der Waals surface area contributed by atoms with E-state index in [2.05, 4.69) is 25.2 Å². The number of anilines is 2. The fourth-order valence-electron chi connectivity index (χ4n) is 2.99. The van der Waals surface area contributed by atoms with Crippen LogP contribution in [0.15, 0.2) is 64.8 Å². The van der Waals surface area contributed by atoms with Gasteiger partial charge in [-0.15, -0.1) is 5.11 Å². The highest BCUT2D eigenvalue weighted by Crippen LogP contribution is 2.40. The highest BCUT2D eigenvalue weighted by molar-refractivity contribution is 6.30. The standard InChI is InChI=1S/C21H16Cl2N6O/c1-12-10-14-11-16(29(23)21-25-13(2)24-20(22)26-21)8-9-17(14)19(30)18(12)28-27-15-6-4-3-5-7-15/h3-11,30H,1-2H3. The number of nitrogens with zero attached hydrogens (tertiary/aromatic N) is 6. The van der Waals surface area contributed by atoms with Gasteiger partial charge in [0.1, 0.15) is 11.5 Å². The maximum atomic E-state index is 10.8. The minimum atomic E-state index is 0.0522. The quantitative estimate of drug-likeness (QED) is 0.282. The fraction of sp³-hybridized carbons (Fsp3) is 0.0952. The zero-order chi connectivity index (χ0) is 21.3. The molecule has 0 bridgehead atoms. The van der Waals surface area contributed by atoms with E-state index in [9.17, 15) is 5.11 Å². The molecule has 0 aliphatic heterocycles. The lowest BCUT2D eigenvalue weighted by Gasteiger charge is -2.15. The van der Waals surface area contributed by atoms with Crippen molar-refractivity contribution >= 4 is 57.2 Å². The van der Waals surface area contributed by atoms with E-state index in [0.717, 1.165) is 10.9 Å². The molecule has 150 valence electrons. The topological polar surface area (TPSA) is 86.9 Å². The molecule has 0 unspecified atom stereocenters. The third kappa shape index (κ3) is 4.03. The molecule has 0 amide bonds. The number of hydrogen-bond acceptors (Lipinski definition) is 7. The second-order valence-corrected chi connectivity index (χ2v) is 7.24. The van der Waals surface area contributed by atoms with Gasteiger partial charge < -0.3 is 5.11 Å². The first-order chi connectivity index (χ1) is 14.4. The molecule has 0 aliphatic carbocycles. The lowest BCUT2D eigenvalue weighted by molar-refractivity contribution is 0.482. The summed E-state index contributed by atoms with van der Waals surface area (Å²) in [6.45, 7) is 3.56. The number of aromatic hydroxyl groups is 1. The van der Waals surface area contributed by atoms with Gasteiger partial charge in [0.25, 0.3) is 0 Å². The number of azo groups is 1. The number of phenolic OH excluding ortho intramolecular Hbond substituents is 1. The van der Waals surface area contributed by atoms with Crippen LogP contribution in [0.1, 0.15) is 11.4 Å². The lowest BCUT2D eigenvalue weighted by atomic mass is 10.0. The van der Waals surface area contributed by atoms with Crippen LogP contribution in [0.2, 0.25) is 5.28 Å². The van der Waals surface area contributed by atoms with Gasteiger partial charge in [-0.1, -0.05) is 18.2 Å². The van der Waals surface area contributed by atoms with Crippen molar-refractivity contribution in [2.24, 2.45) is 10.2 Å². The van der Waals surface area contributed by atoms with E-state index in [1.165, 1.54) is 4.42 Å². The van der Waals surface area contributed by atoms with Crippen LogP contribution in [-0.2, 0) is 0 Å². The normalized spacial score (nSPS) is 11.3. The van der Waals surface area contributed by atoms with Gasteiger partial charge in [0.05, 0.1) is 11.4 Å². The minimum Gasteiger partial charge on any atom is -0.505 e. The van der Waals surface area contributed by atoms with Gasteiger partial charge in [-0.05, 0) is 72.8 Å². The molecule has 0 fully saturated rings. The molecular formula is C21H16Cl2N6O. The van der Waals surface area contributed by atoms with Crippen LogP contribution in [0.25, 0.3) is 10.8 Å². The summed E-state index contributed by atoms with van der Waals surface area (Å²) in [5.41, 5.74) is 2.51. The number of halogens is 2. The number of aromatic nitrogens is 3. The first-order valence-corrected chi connectivity index (χ1v) is 9.71. The molecule has 30 heavy (non-hydrogen) atoms. The van der Waals surface area contributed by atoms with E-state index < -0.39 is 0 Å². The maximum absolute atomic E-state index is 10.8. The Labute approximate surface area is 182 Å². The van der Waals surface area contributed by atoms with Gasteiger partial charge in [0, 0.05) is 17.2 Å². The molecule has 0 spiro atoms. The number of fused-ring (bicyclic) bond motifs is 1. The Kier molecular flexibility index (Phi) is 5.48. The van der Waals surface area contributed by atoms with E-state index in [-0.39, 0.29) is 17.0 Å². The Hall–Kier alpha value is -3.29. The summed E-state index contributed by atoms with van der Waals surface area (Å²) < 4.78 is 1.29. The highest BCUT2D eigenvalue weighted by atomic mass is 35.5. The van der Waals surface area contributed by atoms with Gasteiger partial charge in [-0.2, -0.15) is 15.1 Å².